The van der Waals surface area contributed by atoms with Gasteiger partial charge in [0.05, 0.1) is 0 Å². The number of amides is 1. The molecule has 0 radical (unpaired) electrons. The van der Waals surface area contributed by atoms with Crippen LogP contribution in [0.25, 0.3) is 11.5 Å². The van der Waals surface area contributed by atoms with Crippen LogP contribution in [0.5, 0.6) is 5.75 Å². The van der Waals surface area contributed by atoms with E-state index >= 15 is 0 Å². The van der Waals surface area contributed by atoms with Crippen molar-refractivity contribution in [3.05, 3.63) is 30.1 Å². The first-order chi connectivity index (χ1) is 11.6. The van der Waals surface area contributed by atoms with Gasteiger partial charge in [0.25, 0.3) is 11.8 Å². The van der Waals surface area contributed by atoms with E-state index in [9.17, 15) is 4.79 Å². The second-order valence-electron chi connectivity index (χ2n) is 5.62. The number of carbonyl (C=O) groups is 1. The highest BCUT2D eigenvalue weighted by Gasteiger charge is 2.11. The molecule has 0 saturated heterocycles. The van der Waals surface area contributed by atoms with E-state index in [2.05, 4.69) is 15.5 Å². The van der Waals surface area contributed by atoms with Crippen LogP contribution < -0.4 is 10.1 Å². The summed E-state index contributed by atoms with van der Waals surface area (Å²) in [5.74, 6) is 1.81. The van der Waals surface area contributed by atoms with Gasteiger partial charge in [-0.3, -0.25) is 4.79 Å². The van der Waals surface area contributed by atoms with Crippen LogP contribution in [0.15, 0.2) is 28.8 Å². The molecule has 0 spiro atoms. The molecule has 0 saturated carbocycles. The van der Waals surface area contributed by atoms with Gasteiger partial charge in [0.1, 0.15) is 5.75 Å². The second-order valence-corrected chi connectivity index (χ2v) is 5.62. The van der Waals surface area contributed by atoms with E-state index in [0.29, 0.717) is 30.6 Å². The number of methoxy groups -OCH3 is 1. The van der Waals surface area contributed by atoms with Crippen molar-refractivity contribution < 1.29 is 18.8 Å². The van der Waals surface area contributed by atoms with E-state index in [1.165, 1.54) is 0 Å². The largest absolute Gasteiger partial charge is 0.484 e. The molecule has 1 heterocycles. The topological polar surface area (TPSA) is 86.5 Å². The fraction of sp³-hybridized carbons (Fsp3) is 0.471. The van der Waals surface area contributed by atoms with Crippen LogP contribution in [0.4, 0.5) is 0 Å². The molecule has 24 heavy (non-hydrogen) atoms. The molecule has 0 fully saturated rings. The van der Waals surface area contributed by atoms with Crippen LogP contribution in [0, 0.1) is 0 Å². The normalized spacial score (nSPS) is 10.8. The Morgan fingerprint density at radius 2 is 2.04 bits per heavy atom. The number of hydrogen-bond donors (Lipinski definition) is 1. The SMILES string of the molecule is COCCCNC(=O)COc1ccc(-c2nc(C(C)C)no2)cc1. The standard InChI is InChI=1S/C17H23N3O4/c1-12(2)16-19-17(24-20-16)13-5-7-14(8-6-13)23-11-15(21)18-9-4-10-22-3/h5-8,12H,4,9-11H2,1-3H3,(H,18,21). The predicted molar refractivity (Wildman–Crippen MR) is 88.8 cm³/mol. The molecule has 130 valence electrons. The Morgan fingerprint density at radius 1 is 1.29 bits per heavy atom. The number of ether oxygens (including phenoxy) is 2. The van der Waals surface area contributed by atoms with Gasteiger partial charge < -0.3 is 19.3 Å². The molecule has 1 aromatic heterocycles. The van der Waals surface area contributed by atoms with Gasteiger partial charge >= 0.3 is 0 Å². The fourth-order valence-corrected chi connectivity index (χ4v) is 1.92. The van der Waals surface area contributed by atoms with Gasteiger partial charge in [0, 0.05) is 31.7 Å². The number of carbonyl (C=O) groups excluding carboxylic acids is 1. The van der Waals surface area contributed by atoms with E-state index in [-0.39, 0.29) is 18.4 Å². The fourth-order valence-electron chi connectivity index (χ4n) is 1.92. The van der Waals surface area contributed by atoms with Gasteiger partial charge in [0.2, 0.25) is 0 Å². The minimum atomic E-state index is -0.159. The summed E-state index contributed by atoms with van der Waals surface area (Å²) in [6.07, 6.45) is 0.777. The zero-order chi connectivity index (χ0) is 17.4. The van der Waals surface area contributed by atoms with Crippen LogP contribution >= 0.6 is 0 Å². The summed E-state index contributed by atoms with van der Waals surface area (Å²) >= 11 is 0. The minimum Gasteiger partial charge on any atom is -0.484 e. The van der Waals surface area contributed by atoms with Gasteiger partial charge in [-0.15, -0.1) is 0 Å². The Morgan fingerprint density at radius 3 is 2.67 bits per heavy atom. The molecule has 0 aliphatic heterocycles. The molecule has 0 atom stereocenters. The summed E-state index contributed by atoms with van der Waals surface area (Å²) in [5.41, 5.74) is 0.811. The molecule has 2 rings (SSSR count). The number of rotatable bonds is 9. The zero-order valence-corrected chi connectivity index (χ0v) is 14.2. The molecule has 0 aliphatic rings. The lowest BCUT2D eigenvalue weighted by atomic mass is 10.2. The molecule has 1 amide bonds. The third-order valence-electron chi connectivity index (χ3n) is 3.28. The first-order valence-corrected chi connectivity index (χ1v) is 7.92. The monoisotopic (exact) mass is 333 g/mol. The average Bonchev–Trinajstić information content (AvgIpc) is 3.08. The summed E-state index contributed by atoms with van der Waals surface area (Å²) < 4.78 is 15.6. The molecular weight excluding hydrogens is 310 g/mol. The summed E-state index contributed by atoms with van der Waals surface area (Å²) in [4.78, 5) is 16.0. The Bertz CT molecular complexity index is 638. The lowest BCUT2D eigenvalue weighted by molar-refractivity contribution is -0.123. The maximum absolute atomic E-state index is 11.6. The van der Waals surface area contributed by atoms with Crippen LogP contribution in [0.3, 0.4) is 0 Å². The number of hydrogen-bond acceptors (Lipinski definition) is 6. The highest BCUT2D eigenvalue weighted by Crippen LogP contribution is 2.22. The first kappa shape index (κ1) is 17.9. The smallest absolute Gasteiger partial charge is 0.257 e. The van der Waals surface area contributed by atoms with Gasteiger partial charge in [0.15, 0.2) is 12.4 Å². The highest BCUT2D eigenvalue weighted by molar-refractivity contribution is 5.77. The lowest BCUT2D eigenvalue weighted by Gasteiger charge is -2.07. The maximum atomic E-state index is 11.6. The maximum Gasteiger partial charge on any atom is 0.257 e. The Hall–Kier alpha value is -2.41. The van der Waals surface area contributed by atoms with Crippen LogP contribution in [-0.2, 0) is 9.53 Å². The van der Waals surface area contributed by atoms with Crippen molar-refractivity contribution in [1.29, 1.82) is 0 Å². The third kappa shape index (κ3) is 5.34. The molecule has 2 aromatic rings. The van der Waals surface area contributed by atoms with Crippen molar-refractivity contribution in [3.63, 3.8) is 0 Å². The second kappa shape index (κ2) is 9.02. The van der Waals surface area contributed by atoms with E-state index in [0.717, 1.165) is 12.0 Å². The van der Waals surface area contributed by atoms with Crippen molar-refractivity contribution in [2.24, 2.45) is 0 Å². The first-order valence-electron chi connectivity index (χ1n) is 7.92. The average molecular weight is 333 g/mol. The molecule has 0 bridgehead atoms. The van der Waals surface area contributed by atoms with E-state index < -0.39 is 0 Å². The zero-order valence-electron chi connectivity index (χ0n) is 14.2. The summed E-state index contributed by atoms with van der Waals surface area (Å²) in [7, 11) is 1.63. The summed E-state index contributed by atoms with van der Waals surface area (Å²) in [5, 5.41) is 6.70. The minimum absolute atomic E-state index is 0.0234. The van der Waals surface area contributed by atoms with Crippen molar-refractivity contribution >= 4 is 5.91 Å². The number of nitrogens with zero attached hydrogens (tertiary/aromatic N) is 2. The van der Waals surface area contributed by atoms with E-state index in [4.69, 9.17) is 14.0 Å². The summed E-state index contributed by atoms with van der Waals surface area (Å²) in [6.45, 7) is 5.18. The molecule has 0 unspecified atom stereocenters. The van der Waals surface area contributed by atoms with Gasteiger partial charge in [-0.25, -0.2) is 0 Å². The third-order valence-corrected chi connectivity index (χ3v) is 3.28. The molecule has 1 N–H and O–H groups in total. The van der Waals surface area contributed by atoms with Crippen molar-refractivity contribution in [1.82, 2.24) is 15.5 Å². The van der Waals surface area contributed by atoms with Gasteiger partial charge in [-0.2, -0.15) is 4.98 Å². The Kier molecular flexibility index (Phi) is 6.74. The predicted octanol–water partition coefficient (Wildman–Crippen LogP) is 2.39. The molecule has 7 nitrogen and oxygen atoms in total. The van der Waals surface area contributed by atoms with Gasteiger partial charge in [-0.1, -0.05) is 19.0 Å². The highest BCUT2D eigenvalue weighted by atomic mass is 16.5. The molecular formula is C17H23N3O4. The quantitative estimate of drug-likeness (QED) is 0.709. The number of aromatic nitrogens is 2. The number of benzene rings is 1. The molecule has 1 aromatic carbocycles. The molecule has 7 heteroatoms. The van der Waals surface area contributed by atoms with Gasteiger partial charge in [-0.05, 0) is 30.7 Å². The van der Waals surface area contributed by atoms with E-state index in [1.54, 1.807) is 19.2 Å². The summed E-state index contributed by atoms with van der Waals surface area (Å²) in [6, 6.07) is 7.19. The van der Waals surface area contributed by atoms with Crippen LogP contribution in [0.1, 0.15) is 32.0 Å². The molecule has 0 aliphatic carbocycles. The number of nitrogens with one attached hydrogen (secondary N) is 1. The van der Waals surface area contributed by atoms with Crippen LogP contribution in [-0.4, -0.2) is 42.9 Å². The van der Waals surface area contributed by atoms with Crippen molar-refractivity contribution in [2.75, 3.05) is 26.9 Å². The van der Waals surface area contributed by atoms with E-state index in [1.807, 2.05) is 26.0 Å². The van der Waals surface area contributed by atoms with Crippen molar-refractivity contribution in [3.8, 4) is 17.2 Å². The lowest BCUT2D eigenvalue weighted by Crippen LogP contribution is -2.30. The van der Waals surface area contributed by atoms with Crippen LogP contribution in [0.2, 0.25) is 0 Å². The van der Waals surface area contributed by atoms with Crippen molar-refractivity contribution in [2.45, 2.75) is 26.2 Å². The Labute approximate surface area is 141 Å². The Balaban J connectivity index is 1.82.